The minimum atomic E-state index is -5.46. The third-order valence-corrected chi connectivity index (χ3v) is 2.57. The van der Waals surface area contributed by atoms with Crippen molar-refractivity contribution >= 4 is 11.6 Å². The molecule has 1 rings (SSSR count). The van der Waals surface area contributed by atoms with E-state index in [1.807, 2.05) is 0 Å². The van der Waals surface area contributed by atoms with Crippen LogP contribution in [0.4, 0.5) is 26.3 Å². The van der Waals surface area contributed by atoms with E-state index in [0.29, 0.717) is 0 Å². The van der Waals surface area contributed by atoms with Gasteiger partial charge >= 0.3 is 12.4 Å². The van der Waals surface area contributed by atoms with Gasteiger partial charge in [-0.3, -0.25) is 0 Å². The maximum atomic E-state index is 12.4. The van der Waals surface area contributed by atoms with Crippen molar-refractivity contribution in [1.29, 1.82) is 0 Å². The molecule has 0 aromatic heterocycles. The number of rotatable bonds is 2. The van der Waals surface area contributed by atoms with E-state index < -0.39 is 24.3 Å². The SMILES string of the molecule is NC(c1ccc(Cl)cc1)C(C(F)(F)F)C(F)(F)F. The highest BCUT2D eigenvalue weighted by atomic mass is 35.5. The van der Waals surface area contributed by atoms with Crippen molar-refractivity contribution in [3.8, 4) is 0 Å². The summed E-state index contributed by atoms with van der Waals surface area (Å²) < 4.78 is 74.4. The van der Waals surface area contributed by atoms with Crippen LogP contribution in [0.15, 0.2) is 24.3 Å². The third-order valence-electron chi connectivity index (χ3n) is 2.32. The molecule has 0 amide bonds. The van der Waals surface area contributed by atoms with Gasteiger partial charge in [-0.2, -0.15) is 26.3 Å². The number of nitrogens with two attached hydrogens (primary N) is 1. The molecule has 18 heavy (non-hydrogen) atoms. The molecule has 1 aromatic carbocycles. The number of halogens is 7. The van der Waals surface area contributed by atoms with E-state index in [9.17, 15) is 26.3 Å². The Kier molecular flexibility index (Phi) is 4.17. The third kappa shape index (κ3) is 3.52. The second kappa shape index (κ2) is 4.97. The van der Waals surface area contributed by atoms with Gasteiger partial charge in [0, 0.05) is 5.02 Å². The van der Waals surface area contributed by atoms with E-state index in [4.69, 9.17) is 17.3 Å². The standard InChI is InChI=1S/C10H8ClF6N/c11-6-3-1-5(2-4-6)7(18)8(9(12,13)14)10(15,16)17/h1-4,7-8H,18H2. The number of benzene rings is 1. The Balaban J connectivity index is 3.11. The number of alkyl halides is 6. The molecule has 1 nitrogen and oxygen atoms in total. The van der Waals surface area contributed by atoms with Gasteiger partial charge in [-0.25, -0.2) is 0 Å². The minimum absolute atomic E-state index is 0.196. The highest BCUT2D eigenvalue weighted by Crippen LogP contribution is 2.45. The van der Waals surface area contributed by atoms with Gasteiger partial charge in [0.2, 0.25) is 0 Å². The van der Waals surface area contributed by atoms with Crippen molar-refractivity contribution in [3.05, 3.63) is 34.9 Å². The molecule has 0 radical (unpaired) electrons. The second-order valence-electron chi connectivity index (χ2n) is 3.64. The van der Waals surface area contributed by atoms with Crippen LogP contribution in [0.2, 0.25) is 5.02 Å². The van der Waals surface area contributed by atoms with Crippen molar-refractivity contribution in [2.24, 2.45) is 11.7 Å². The Bertz CT molecular complexity index is 382. The highest BCUT2D eigenvalue weighted by Gasteiger charge is 2.59. The van der Waals surface area contributed by atoms with Gasteiger partial charge in [0.1, 0.15) is 0 Å². The van der Waals surface area contributed by atoms with Crippen LogP contribution in [0.3, 0.4) is 0 Å². The summed E-state index contributed by atoms with van der Waals surface area (Å²) >= 11 is 5.49. The van der Waals surface area contributed by atoms with E-state index in [1.54, 1.807) is 0 Å². The Labute approximate surface area is 104 Å². The van der Waals surface area contributed by atoms with Crippen LogP contribution in [0.1, 0.15) is 11.6 Å². The Morgan fingerprint density at radius 1 is 0.889 bits per heavy atom. The molecule has 1 aromatic rings. The highest BCUT2D eigenvalue weighted by molar-refractivity contribution is 6.30. The van der Waals surface area contributed by atoms with Gasteiger partial charge in [0.05, 0.1) is 6.04 Å². The minimum Gasteiger partial charge on any atom is -0.323 e. The van der Waals surface area contributed by atoms with Gasteiger partial charge in [-0.1, -0.05) is 23.7 Å². The second-order valence-corrected chi connectivity index (χ2v) is 4.07. The molecule has 0 saturated heterocycles. The van der Waals surface area contributed by atoms with E-state index >= 15 is 0 Å². The number of hydrogen-bond acceptors (Lipinski definition) is 1. The Morgan fingerprint density at radius 3 is 1.61 bits per heavy atom. The summed E-state index contributed by atoms with van der Waals surface area (Å²) in [6.45, 7) is 0. The quantitative estimate of drug-likeness (QED) is 0.816. The van der Waals surface area contributed by atoms with Crippen molar-refractivity contribution < 1.29 is 26.3 Å². The van der Waals surface area contributed by atoms with Crippen LogP contribution in [0.25, 0.3) is 0 Å². The van der Waals surface area contributed by atoms with Crippen molar-refractivity contribution in [2.45, 2.75) is 18.4 Å². The molecule has 0 aliphatic rings. The van der Waals surface area contributed by atoms with Crippen molar-refractivity contribution in [2.75, 3.05) is 0 Å². The van der Waals surface area contributed by atoms with Gasteiger partial charge in [0.15, 0.2) is 5.92 Å². The normalized spacial score (nSPS) is 14.9. The summed E-state index contributed by atoms with van der Waals surface area (Å²) in [7, 11) is 0. The summed E-state index contributed by atoms with van der Waals surface area (Å²) in [5.41, 5.74) is 4.80. The maximum Gasteiger partial charge on any atom is 0.402 e. The molecule has 8 heteroatoms. The summed E-state index contributed by atoms with van der Waals surface area (Å²) in [6.07, 6.45) is -10.9. The largest absolute Gasteiger partial charge is 0.402 e. The van der Waals surface area contributed by atoms with Crippen LogP contribution in [0, 0.1) is 5.92 Å². The topological polar surface area (TPSA) is 26.0 Å². The van der Waals surface area contributed by atoms with Crippen LogP contribution in [-0.2, 0) is 0 Å². The van der Waals surface area contributed by atoms with Crippen LogP contribution >= 0.6 is 11.6 Å². The molecule has 0 saturated carbocycles. The lowest BCUT2D eigenvalue weighted by molar-refractivity contribution is -0.290. The van der Waals surface area contributed by atoms with Gasteiger partial charge < -0.3 is 5.73 Å². The zero-order chi connectivity index (χ0) is 14.1. The first kappa shape index (κ1) is 15.1. The smallest absolute Gasteiger partial charge is 0.323 e. The Morgan fingerprint density at radius 2 is 1.28 bits per heavy atom. The molecule has 0 bridgehead atoms. The van der Waals surface area contributed by atoms with E-state index in [-0.39, 0.29) is 10.6 Å². The first-order valence-corrected chi connectivity index (χ1v) is 5.05. The molecular weight excluding hydrogens is 284 g/mol. The van der Waals surface area contributed by atoms with Gasteiger partial charge in [-0.05, 0) is 17.7 Å². The van der Waals surface area contributed by atoms with E-state index in [2.05, 4.69) is 0 Å². The average Bonchev–Trinajstić information content (AvgIpc) is 2.13. The first-order valence-electron chi connectivity index (χ1n) is 4.68. The molecule has 0 spiro atoms. The fourth-order valence-electron chi connectivity index (χ4n) is 1.47. The predicted octanol–water partition coefficient (Wildman–Crippen LogP) is 4.08. The first-order chi connectivity index (χ1) is 8.03. The van der Waals surface area contributed by atoms with Gasteiger partial charge in [-0.15, -0.1) is 0 Å². The lowest BCUT2D eigenvalue weighted by Crippen LogP contribution is -2.43. The van der Waals surface area contributed by atoms with Crippen LogP contribution in [0.5, 0.6) is 0 Å². The fourth-order valence-corrected chi connectivity index (χ4v) is 1.60. The Hall–Kier alpha value is -0.950. The lowest BCUT2D eigenvalue weighted by atomic mass is 9.92. The maximum absolute atomic E-state index is 12.4. The molecule has 2 N–H and O–H groups in total. The van der Waals surface area contributed by atoms with Crippen LogP contribution in [-0.4, -0.2) is 12.4 Å². The molecule has 0 fully saturated rings. The van der Waals surface area contributed by atoms with Crippen LogP contribution < -0.4 is 5.73 Å². The summed E-state index contributed by atoms with van der Waals surface area (Å²) in [6, 6.07) is 2.22. The van der Waals surface area contributed by atoms with E-state index in [1.165, 1.54) is 12.1 Å². The predicted molar refractivity (Wildman–Crippen MR) is 54.0 cm³/mol. The summed E-state index contributed by atoms with van der Waals surface area (Å²) in [4.78, 5) is 0. The fraction of sp³-hybridized carbons (Fsp3) is 0.400. The average molecular weight is 292 g/mol. The molecule has 1 unspecified atom stereocenters. The summed E-state index contributed by atoms with van der Waals surface area (Å²) in [5.74, 6) is -3.61. The molecule has 0 aliphatic heterocycles. The molecule has 1 atom stereocenters. The monoisotopic (exact) mass is 291 g/mol. The van der Waals surface area contributed by atoms with Crippen molar-refractivity contribution in [3.63, 3.8) is 0 Å². The summed E-state index contributed by atoms with van der Waals surface area (Å²) in [5, 5.41) is 0.196. The lowest BCUT2D eigenvalue weighted by Gasteiger charge is -2.28. The molecule has 102 valence electrons. The molecular formula is C10H8ClF6N. The zero-order valence-corrected chi connectivity index (χ0v) is 9.44. The zero-order valence-electron chi connectivity index (χ0n) is 8.69. The number of hydrogen-bond donors (Lipinski definition) is 1. The van der Waals surface area contributed by atoms with Gasteiger partial charge in [0.25, 0.3) is 0 Å². The molecule has 0 heterocycles. The van der Waals surface area contributed by atoms with E-state index in [0.717, 1.165) is 12.1 Å². The molecule has 0 aliphatic carbocycles. The van der Waals surface area contributed by atoms with Crippen molar-refractivity contribution in [1.82, 2.24) is 0 Å².